The smallest absolute Gasteiger partial charge is 0.249 e. The second-order valence-corrected chi connectivity index (χ2v) is 2.98. The Bertz CT molecular complexity index is 347. The zero-order chi connectivity index (χ0) is 9.97. The molecule has 1 aliphatic rings. The molecule has 7 nitrogen and oxygen atoms in total. The number of hydrogen-bond acceptors (Lipinski definition) is 4. The fraction of sp³-hybridized carbons (Fsp3) is 0.429. The van der Waals surface area contributed by atoms with E-state index in [-0.39, 0.29) is 17.8 Å². The van der Waals surface area contributed by atoms with Gasteiger partial charge in [-0.3, -0.25) is 14.9 Å². The first-order chi connectivity index (χ1) is 6.75. The Labute approximate surface area is 79.3 Å². The number of H-pyrrole nitrogens is 1. The summed E-state index contributed by atoms with van der Waals surface area (Å²) < 4.78 is 0. The Morgan fingerprint density at radius 3 is 3.07 bits per heavy atom. The lowest BCUT2D eigenvalue weighted by Crippen LogP contribution is -2.37. The lowest BCUT2D eigenvalue weighted by molar-refractivity contribution is -0.122. The third-order valence-electron chi connectivity index (χ3n) is 1.97. The zero-order valence-electron chi connectivity index (χ0n) is 7.28. The molecule has 0 aliphatic carbocycles. The van der Waals surface area contributed by atoms with Crippen LogP contribution in [-0.2, 0) is 9.59 Å². The van der Waals surface area contributed by atoms with Gasteiger partial charge < -0.3 is 5.32 Å². The summed E-state index contributed by atoms with van der Waals surface area (Å²) in [6.07, 6.45) is 2.22. The second-order valence-electron chi connectivity index (χ2n) is 2.98. The topological polar surface area (TPSA) is 99.8 Å². The van der Waals surface area contributed by atoms with E-state index >= 15 is 0 Å². The lowest BCUT2D eigenvalue weighted by Gasteiger charge is -2.07. The molecule has 7 heteroatoms. The van der Waals surface area contributed by atoms with Crippen LogP contribution in [0.3, 0.4) is 0 Å². The molecule has 1 aromatic rings. The van der Waals surface area contributed by atoms with Crippen LogP contribution in [0.1, 0.15) is 12.8 Å². The number of hydrogen-bond donors (Lipinski definition) is 3. The van der Waals surface area contributed by atoms with Crippen molar-refractivity contribution in [1.82, 2.24) is 20.5 Å². The fourth-order valence-electron chi connectivity index (χ4n) is 1.28. The summed E-state index contributed by atoms with van der Waals surface area (Å²) in [4.78, 5) is 26.0. The minimum Gasteiger partial charge on any atom is -0.344 e. The van der Waals surface area contributed by atoms with Gasteiger partial charge in [0.1, 0.15) is 12.4 Å². The van der Waals surface area contributed by atoms with Crippen molar-refractivity contribution in [3.05, 3.63) is 6.33 Å². The van der Waals surface area contributed by atoms with Crippen LogP contribution in [0.5, 0.6) is 0 Å². The van der Waals surface area contributed by atoms with Crippen molar-refractivity contribution in [1.29, 1.82) is 0 Å². The predicted molar refractivity (Wildman–Crippen MR) is 46.2 cm³/mol. The van der Waals surface area contributed by atoms with Gasteiger partial charge >= 0.3 is 0 Å². The Morgan fingerprint density at radius 2 is 2.50 bits per heavy atom. The van der Waals surface area contributed by atoms with Gasteiger partial charge in [0.15, 0.2) is 0 Å². The maximum absolute atomic E-state index is 11.4. The van der Waals surface area contributed by atoms with E-state index in [2.05, 4.69) is 25.8 Å². The Morgan fingerprint density at radius 1 is 1.64 bits per heavy atom. The van der Waals surface area contributed by atoms with Gasteiger partial charge in [-0.15, -0.1) is 0 Å². The first-order valence-electron chi connectivity index (χ1n) is 4.21. The van der Waals surface area contributed by atoms with Crippen LogP contribution in [0.15, 0.2) is 6.33 Å². The quantitative estimate of drug-likeness (QED) is 0.564. The van der Waals surface area contributed by atoms with Crippen LogP contribution in [-0.4, -0.2) is 33.0 Å². The molecule has 0 saturated carbocycles. The molecule has 0 radical (unpaired) electrons. The first-order valence-corrected chi connectivity index (χ1v) is 4.21. The monoisotopic (exact) mass is 195 g/mol. The molecule has 1 aromatic heterocycles. The van der Waals surface area contributed by atoms with E-state index in [1.165, 1.54) is 6.33 Å². The van der Waals surface area contributed by atoms with Crippen molar-refractivity contribution in [3.63, 3.8) is 0 Å². The predicted octanol–water partition coefficient (Wildman–Crippen LogP) is -0.978. The average Bonchev–Trinajstić information content (AvgIpc) is 2.75. The number of aromatic amines is 1. The minimum absolute atomic E-state index is 0.0947. The number of nitrogens with zero attached hydrogens (tertiary/aromatic N) is 2. The van der Waals surface area contributed by atoms with Gasteiger partial charge in [-0.2, -0.15) is 10.1 Å². The third kappa shape index (κ3) is 1.70. The number of nitrogens with one attached hydrogen (secondary N) is 3. The van der Waals surface area contributed by atoms with Gasteiger partial charge in [-0.1, -0.05) is 0 Å². The summed E-state index contributed by atoms with van der Waals surface area (Å²) in [6, 6.07) is -0.451. The number of carbonyl (C=O) groups excluding carboxylic acids is 2. The van der Waals surface area contributed by atoms with Gasteiger partial charge in [0.25, 0.3) is 0 Å². The molecule has 14 heavy (non-hydrogen) atoms. The van der Waals surface area contributed by atoms with Crippen molar-refractivity contribution in [2.45, 2.75) is 18.9 Å². The van der Waals surface area contributed by atoms with E-state index in [4.69, 9.17) is 0 Å². The average molecular weight is 195 g/mol. The van der Waals surface area contributed by atoms with Gasteiger partial charge in [0.05, 0.1) is 0 Å². The first kappa shape index (κ1) is 8.67. The largest absolute Gasteiger partial charge is 0.344 e. The highest BCUT2D eigenvalue weighted by Gasteiger charge is 2.27. The number of amides is 2. The number of rotatable bonds is 2. The summed E-state index contributed by atoms with van der Waals surface area (Å²) in [5.41, 5.74) is 0. The van der Waals surface area contributed by atoms with Crippen LogP contribution in [0.2, 0.25) is 0 Å². The van der Waals surface area contributed by atoms with E-state index in [0.717, 1.165) is 0 Å². The zero-order valence-corrected chi connectivity index (χ0v) is 7.28. The third-order valence-corrected chi connectivity index (χ3v) is 1.97. The van der Waals surface area contributed by atoms with Crippen molar-refractivity contribution < 1.29 is 9.59 Å². The van der Waals surface area contributed by atoms with Gasteiger partial charge in [0.2, 0.25) is 17.8 Å². The number of anilines is 1. The summed E-state index contributed by atoms with van der Waals surface area (Å²) in [7, 11) is 0. The fourth-order valence-corrected chi connectivity index (χ4v) is 1.28. The van der Waals surface area contributed by atoms with Crippen molar-refractivity contribution in [2.75, 3.05) is 5.32 Å². The summed E-state index contributed by atoms with van der Waals surface area (Å²) >= 11 is 0. The molecule has 1 atom stereocenters. The van der Waals surface area contributed by atoms with E-state index in [1.807, 2.05) is 0 Å². The van der Waals surface area contributed by atoms with Gasteiger partial charge in [-0.05, 0) is 6.42 Å². The molecule has 3 N–H and O–H groups in total. The molecule has 2 rings (SSSR count). The van der Waals surface area contributed by atoms with Crippen LogP contribution < -0.4 is 10.6 Å². The normalized spacial score (nSPS) is 20.6. The second kappa shape index (κ2) is 3.44. The molecule has 0 spiro atoms. The van der Waals surface area contributed by atoms with E-state index < -0.39 is 6.04 Å². The lowest BCUT2D eigenvalue weighted by atomic mass is 10.2. The molecular weight excluding hydrogens is 186 g/mol. The van der Waals surface area contributed by atoms with Gasteiger partial charge in [-0.25, -0.2) is 5.10 Å². The number of carbonyl (C=O) groups is 2. The van der Waals surface area contributed by atoms with Crippen LogP contribution >= 0.6 is 0 Å². The van der Waals surface area contributed by atoms with E-state index in [1.54, 1.807) is 0 Å². The van der Waals surface area contributed by atoms with Crippen LogP contribution in [0.25, 0.3) is 0 Å². The standard InChI is InChI=1S/C7H9N5O2/c13-5-2-1-4(10-5)6(14)11-7-8-3-9-12-7/h3-4H,1-2H2,(H,10,13)(H2,8,9,11,12,14). The molecule has 2 amide bonds. The highest BCUT2D eigenvalue weighted by atomic mass is 16.2. The maximum Gasteiger partial charge on any atom is 0.249 e. The maximum atomic E-state index is 11.4. The van der Waals surface area contributed by atoms with Crippen molar-refractivity contribution >= 4 is 17.8 Å². The highest BCUT2D eigenvalue weighted by molar-refractivity contribution is 5.97. The minimum atomic E-state index is -0.451. The Kier molecular flexibility index (Phi) is 2.13. The van der Waals surface area contributed by atoms with E-state index in [0.29, 0.717) is 12.8 Å². The Balaban J connectivity index is 1.93. The van der Waals surface area contributed by atoms with Crippen molar-refractivity contribution in [3.8, 4) is 0 Å². The van der Waals surface area contributed by atoms with Crippen LogP contribution in [0, 0.1) is 0 Å². The van der Waals surface area contributed by atoms with Crippen LogP contribution in [0.4, 0.5) is 5.95 Å². The summed E-state index contributed by atoms with van der Waals surface area (Å²) in [5, 5.41) is 11.1. The number of aromatic nitrogens is 3. The van der Waals surface area contributed by atoms with Crippen molar-refractivity contribution in [2.24, 2.45) is 0 Å². The molecule has 1 unspecified atom stereocenters. The highest BCUT2D eigenvalue weighted by Crippen LogP contribution is 2.08. The van der Waals surface area contributed by atoms with Gasteiger partial charge in [0, 0.05) is 6.42 Å². The molecule has 1 saturated heterocycles. The Hall–Kier alpha value is -1.92. The molecule has 1 fully saturated rings. The molecule has 2 heterocycles. The molecule has 0 aromatic carbocycles. The molecule has 0 bridgehead atoms. The van der Waals surface area contributed by atoms with E-state index in [9.17, 15) is 9.59 Å². The molecule has 74 valence electrons. The molecule has 1 aliphatic heterocycles. The molecular formula is C7H9N5O2. The SMILES string of the molecule is O=C1CCC(C(=O)Nc2ncn[nH]2)N1. The summed E-state index contributed by atoms with van der Waals surface area (Å²) in [6.45, 7) is 0. The summed E-state index contributed by atoms with van der Waals surface area (Å²) in [5.74, 6) is -0.0773.